The largest absolute Gasteiger partial charge is 0.376 e. The molecule has 116 valence electrons. The van der Waals surface area contributed by atoms with E-state index in [9.17, 15) is 9.59 Å². The zero-order valence-electron chi connectivity index (χ0n) is 12.8. The average molecular weight is 299 g/mol. The summed E-state index contributed by atoms with van der Waals surface area (Å²) in [5.41, 5.74) is 0.782. The third-order valence-corrected chi connectivity index (χ3v) is 4.23. The molecule has 0 spiro atoms. The standard InChI is InChI=1S/C17H21N3O2/c1-19-10-7-13-5-6-14(11-15(13)17(19)22)18-12-16(21)20-8-3-2-4-9-20/h5-7,10-11,18H,2-4,8-9,12H2,1H3. The zero-order valence-corrected chi connectivity index (χ0v) is 12.8. The maximum atomic E-state index is 12.2. The van der Waals surface area contributed by atoms with Crippen molar-refractivity contribution in [1.82, 2.24) is 9.47 Å². The number of likely N-dealkylation sites (tertiary alicyclic amines) is 1. The molecule has 2 aromatic rings. The van der Waals surface area contributed by atoms with Gasteiger partial charge in [-0.2, -0.15) is 0 Å². The maximum Gasteiger partial charge on any atom is 0.258 e. The number of carbonyl (C=O) groups is 1. The summed E-state index contributed by atoms with van der Waals surface area (Å²) in [5.74, 6) is 0.126. The Labute approximate surface area is 129 Å². The predicted molar refractivity (Wildman–Crippen MR) is 88.1 cm³/mol. The van der Waals surface area contributed by atoms with Crippen LogP contribution in [0.4, 0.5) is 5.69 Å². The number of pyridine rings is 1. The molecule has 1 aliphatic heterocycles. The van der Waals surface area contributed by atoms with Crippen LogP contribution in [-0.2, 0) is 11.8 Å². The lowest BCUT2D eigenvalue weighted by Crippen LogP contribution is -2.39. The van der Waals surface area contributed by atoms with Crippen molar-refractivity contribution < 1.29 is 4.79 Å². The summed E-state index contributed by atoms with van der Waals surface area (Å²) in [4.78, 5) is 26.2. The third-order valence-electron chi connectivity index (χ3n) is 4.23. The van der Waals surface area contributed by atoms with Gasteiger partial charge in [-0.15, -0.1) is 0 Å². The Morgan fingerprint density at radius 1 is 1.18 bits per heavy atom. The highest BCUT2D eigenvalue weighted by atomic mass is 16.2. The van der Waals surface area contributed by atoms with Gasteiger partial charge in [0.1, 0.15) is 0 Å². The number of anilines is 1. The van der Waals surface area contributed by atoms with Crippen LogP contribution in [0.3, 0.4) is 0 Å². The molecule has 0 radical (unpaired) electrons. The highest BCUT2D eigenvalue weighted by molar-refractivity contribution is 5.86. The van der Waals surface area contributed by atoms with Gasteiger partial charge in [0, 0.05) is 37.4 Å². The lowest BCUT2D eigenvalue weighted by Gasteiger charge is -2.26. The molecule has 1 N–H and O–H groups in total. The van der Waals surface area contributed by atoms with E-state index in [1.165, 1.54) is 6.42 Å². The minimum absolute atomic E-state index is 0.0245. The van der Waals surface area contributed by atoms with Gasteiger partial charge in [-0.3, -0.25) is 9.59 Å². The van der Waals surface area contributed by atoms with Gasteiger partial charge in [0.25, 0.3) is 5.56 Å². The van der Waals surface area contributed by atoms with Gasteiger partial charge >= 0.3 is 0 Å². The Morgan fingerprint density at radius 3 is 2.73 bits per heavy atom. The molecule has 22 heavy (non-hydrogen) atoms. The molecule has 1 aliphatic rings. The number of amides is 1. The molecule has 1 saturated heterocycles. The highest BCUT2D eigenvalue weighted by Gasteiger charge is 2.15. The van der Waals surface area contributed by atoms with E-state index in [-0.39, 0.29) is 18.0 Å². The molecule has 2 heterocycles. The number of fused-ring (bicyclic) bond motifs is 1. The van der Waals surface area contributed by atoms with E-state index in [0.29, 0.717) is 5.39 Å². The van der Waals surface area contributed by atoms with Gasteiger partial charge in [-0.1, -0.05) is 6.07 Å². The van der Waals surface area contributed by atoms with E-state index in [0.717, 1.165) is 37.0 Å². The lowest BCUT2D eigenvalue weighted by molar-refractivity contribution is -0.130. The second kappa shape index (κ2) is 6.22. The van der Waals surface area contributed by atoms with Gasteiger partial charge in [-0.05, 0) is 42.8 Å². The lowest BCUT2D eigenvalue weighted by atomic mass is 10.1. The number of hydrogen-bond acceptors (Lipinski definition) is 3. The van der Waals surface area contributed by atoms with Gasteiger partial charge in [-0.25, -0.2) is 0 Å². The molecule has 1 aromatic heterocycles. The van der Waals surface area contributed by atoms with Crippen LogP contribution < -0.4 is 10.9 Å². The van der Waals surface area contributed by atoms with Crippen LogP contribution in [0.2, 0.25) is 0 Å². The SMILES string of the molecule is Cn1ccc2ccc(NCC(=O)N3CCCCC3)cc2c1=O. The molecule has 5 nitrogen and oxygen atoms in total. The second-order valence-electron chi connectivity index (χ2n) is 5.83. The van der Waals surface area contributed by atoms with Crippen LogP contribution in [0.15, 0.2) is 35.3 Å². The van der Waals surface area contributed by atoms with E-state index in [4.69, 9.17) is 0 Å². The fourth-order valence-electron chi connectivity index (χ4n) is 2.88. The minimum Gasteiger partial charge on any atom is -0.376 e. The number of piperidine rings is 1. The van der Waals surface area contributed by atoms with Crippen LogP contribution in [-0.4, -0.2) is 35.0 Å². The fourth-order valence-corrected chi connectivity index (χ4v) is 2.88. The van der Waals surface area contributed by atoms with Gasteiger partial charge in [0.15, 0.2) is 0 Å². The van der Waals surface area contributed by atoms with Crippen LogP contribution in [0.5, 0.6) is 0 Å². The summed E-state index contributed by atoms with van der Waals surface area (Å²) in [7, 11) is 1.74. The molecule has 3 rings (SSSR count). The van der Waals surface area contributed by atoms with E-state index >= 15 is 0 Å². The Hall–Kier alpha value is -2.30. The number of nitrogens with zero attached hydrogens (tertiary/aromatic N) is 2. The van der Waals surface area contributed by atoms with Crippen molar-refractivity contribution in [1.29, 1.82) is 0 Å². The van der Waals surface area contributed by atoms with Crippen molar-refractivity contribution in [3.8, 4) is 0 Å². The zero-order chi connectivity index (χ0) is 15.5. The van der Waals surface area contributed by atoms with Crippen LogP contribution >= 0.6 is 0 Å². The number of aryl methyl sites for hydroxylation is 1. The second-order valence-corrected chi connectivity index (χ2v) is 5.83. The molecular formula is C17H21N3O2. The molecule has 0 unspecified atom stereocenters. The number of hydrogen-bond donors (Lipinski definition) is 1. The fraction of sp³-hybridized carbons (Fsp3) is 0.412. The highest BCUT2D eigenvalue weighted by Crippen LogP contribution is 2.16. The first-order valence-electron chi connectivity index (χ1n) is 7.76. The van der Waals surface area contributed by atoms with E-state index < -0.39 is 0 Å². The summed E-state index contributed by atoms with van der Waals surface area (Å²) in [6.45, 7) is 2.00. The monoisotopic (exact) mass is 299 g/mol. The Balaban J connectivity index is 1.72. The number of benzene rings is 1. The number of aromatic nitrogens is 1. The van der Waals surface area contributed by atoms with Crippen molar-refractivity contribution in [2.24, 2.45) is 7.05 Å². The van der Waals surface area contributed by atoms with Crippen molar-refractivity contribution in [3.05, 3.63) is 40.8 Å². The minimum atomic E-state index is -0.0245. The third kappa shape index (κ3) is 2.98. The van der Waals surface area contributed by atoms with Crippen molar-refractivity contribution >= 4 is 22.4 Å². The quantitative estimate of drug-likeness (QED) is 0.942. The maximum absolute atomic E-state index is 12.2. The topological polar surface area (TPSA) is 54.3 Å². The van der Waals surface area contributed by atoms with Crippen molar-refractivity contribution in [2.75, 3.05) is 25.0 Å². The number of carbonyl (C=O) groups excluding carboxylic acids is 1. The molecule has 1 amide bonds. The predicted octanol–water partition coefficient (Wildman–Crippen LogP) is 1.96. The smallest absolute Gasteiger partial charge is 0.258 e. The summed E-state index contributed by atoms with van der Waals surface area (Å²) < 4.78 is 1.56. The van der Waals surface area contributed by atoms with E-state index in [1.54, 1.807) is 17.8 Å². The van der Waals surface area contributed by atoms with Gasteiger partial charge < -0.3 is 14.8 Å². The average Bonchev–Trinajstić information content (AvgIpc) is 2.57. The van der Waals surface area contributed by atoms with Crippen molar-refractivity contribution in [2.45, 2.75) is 19.3 Å². The summed E-state index contributed by atoms with van der Waals surface area (Å²) in [5, 5.41) is 4.72. The Morgan fingerprint density at radius 2 is 1.95 bits per heavy atom. The summed E-state index contributed by atoms with van der Waals surface area (Å²) in [6.07, 6.45) is 5.17. The summed E-state index contributed by atoms with van der Waals surface area (Å²) >= 11 is 0. The first-order chi connectivity index (χ1) is 10.6. The van der Waals surface area contributed by atoms with Crippen molar-refractivity contribution in [3.63, 3.8) is 0 Å². The Bertz CT molecular complexity index is 745. The van der Waals surface area contributed by atoms with E-state index in [2.05, 4.69) is 5.32 Å². The molecule has 0 aliphatic carbocycles. The normalized spacial score (nSPS) is 15.0. The first-order valence-corrected chi connectivity index (χ1v) is 7.76. The van der Waals surface area contributed by atoms with Crippen LogP contribution in [0, 0.1) is 0 Å². The van der Waals surface area contributed by atoms with Crippen LogP contribution in [0.25, 0.3) is 10.8 Å². The number of nitrogens with one attached hydrogen (secondary N) is 1. The Kier molecular flexibility index (Phi) is 4.13. The molecule has 0 atom stereocenters. The molecule has 1 aromatic carbocycles. The molecule has 0 saturated carbocycles. The number of rotatable bonds is 3. The van der Waals surface area contributed by atoms with Gasteiger partial charge in [0.05, 0.1) is 6.54 Å². The summed E-state index contributed by atoms with van der Waals surface area (Å²) in [6, 6.07) is 7.55. The van der Waals surface area contributed by atoms with Gasteiger partial charge in [0.2, 0.25) is 5.91 Å². The van der Waals surface area contributed by atoms with Crippen LogP contribution in [0.1, 0.15) is 19.3 Å². The molecule has 1 fully saturated rings. The first kappa shape index (κ1) is 14.6. The molecular weight excluding hydrogens is 278 g/mol. The molecule has 5 heteroatoms. The van der Waals surface area contributed by atoms with E-state index in [1.807, 2.05) is 29.2 Å². The molecule has 0 bridgehead atoms.